The smallest absolute Gasteiger partial charge is 0.224 e. The molecule has 0 unspecified atom stereocenters. The van der Waals surface area contributed by atoms with Crippen LogP contribution in [-0.2, 0) is 24.3 Å². The van der Waals surface area contributed by atoms with Crippen molar-refractivity contribution in [1.82, 2.24) is 15.2 Å². The predicted molar refractivity (Wildman–Crippen MR) is 86.1 cm³/mol. The van der Waals surface area contributed by atoms with Gasteiger partial charge in [-0.05, 0) is 29.7 Å². The van der Waals surface area contributed by atoms with Gasteiger partial charge < -0.3 is 10.2 Å². The Bertz CT molecular complexity index is 627. The number of nitrogens with one attached hydrogen (secondary N) is 1. The number of pyridine rings is 1. The highest BCUT2D eigenvalue weighted by Crippen LogP contribution is 2.18. The van der Waals surface area contributed by atoms with Crippen LogP contribution in [0.3, 0.4) is 0 Å². The second kappa shape index (κ2) is 7.18. The molecule has 1 N–H and O–H groups in total. The molecule has 1 aliphatic heterocycles. The van der Waals surface area contributed by atoms with Crippen molar-refractivity contribution >= 4 is 5.91 Å². The van der Waals surface area contributed by atoms with Gasteiger partial charge in [0, 0.05) is 38.8 Å². The first-order valence-corrected chi connectivity index (χ1v) is 7.78. The molecule has 22 heavy (non-hydrogen) atoms. The molecule has 0 spiro atoms. The van der Waals surface area contributed by atoms with Gasteiger partial charge in [-0.1, -0.05) is 30.3 Å². The molecule has 2 heterocycles. The molecule has 114 valence electrons. The lowest BCUT2D eigenvalue weighted by Crippen LogP contribution is -2.37. The van der Waals surface area contributed by atoms with E-state index >= 15 is 0 Å². The number of rotatable bonds is 5. The van der Waals surface area contributed by atoms with E-state index in [4.69, 9.17) is 0 Å². The number of aromatic nitrogens is 1. The lowest BCUT2D eigenvalue weighted by molar-refractivity contribution is -0.132. The molecular weight excluding hydrogens is 274 g/mol. The van der Waals surface area contributed by atoms with Crippen molar-refractivity contribution < 1.29 is 4.79 Å². The predicted octanol–water partition coefficient (Wildman–Crippen LogP) is 2.15. The Kier molecular flexibility index (Phi) is 4.81. The van der Waals surface area contributed by atoms with Crippen molar-refractivity contribution in [2.45, 2.75) is 25.9 Å². The summed E-state index contributed by atoms with van der Waals surface area (Å²) in [6.07, 6.45) is 3.28. The first-order valence-electron chi connectivity index (χ1n) is 7.78. The Morgan fingerprint density at radius 2 is 1.95 bits per heavy atom. The summed E-state index contributed by atoms with van der Waals surface area (Å²) in [6, 6.07) is 14.2. The number of hydrogen-bond donors (Lipinski definition) is 1. The third kappa shape index (κ3) is 3.71. The largest absolute Gasteiger partial charge is 0.338 e. The Hall–Kier alpha value is -2.20. The van der Waals surface area contributed by atoms with Gasteiger partial charge in [0.15, 0.2) is 0 Å². The van der Waals surface area contributed by atoms with E-state index in [0.29, 0.717) is 19.5 Å². The van der Waals surface area contributed by atoms with E-state index in [1.807, 2.05) is 29.2 Å². The van der Waals surface area contributed by atoms with Crippen LogP contribution in [0.1, 0.15) is 23.2 Å². The molecule has 0 fully saturated rings. The normalized spacial score (nSPS) is 13.7. The van der Waals surface area contributed by atoms with E-state index in [0.717, 1.165) is 25.2 Å². The van der Waals surface area contributed by atoms with Crippen LogP contribution in [0.4, 0.5) is 0 Å². The minimum absolute atomic E-state index is 0.225. The van der Waals surface area contributed by atoms with Gasteiger partial charge in [0.2, 0.25) is 5.91 Å². The molecule has 1 aliphatic rings. The highest BCUT2D eigenvalue weighted by Gasteiger charge is 2.19. The molecule has 1 amide bonds. The molecule has 4 heteroatoms. The quantitative estimate of drug-likeness (QED) is 0.860. The average Bonchev–Trinajstić information content (AvgIpc) is 2.59. The highest BCUT2D eigenvalue weighted by atomic mass is 16.2. The number of carbonyl (C=O) groups is 1. The summed E-state index contributed by atoms with van der Waals surface area (Å²) in [5, 5.41) is 3.28. The van der Waals surface area contributed by atoms with E-state index < -0.39 is 0 Å². The van der Waals surface area contributed by atoms with Crippen LogP contribution in [0, 0.1) is 0 Å². The third-order valence-corrected chi connectivity index (χ3v) is 4.03. The maximum Gasteiger partial charge on any atom is 0.224 e. The van der Waals surface area contributed by atoms with Gasteiger partial charge in [-0.15, -0.1) is 0 Å². The summed E-state index contributed by atoms with van der Waals surface area (Å²) >= 11 is 0. The van der Waals surface area contributed by atoms with E-state index in [1.165, 1.54) is 11.1 Å². The summed E-state index contributed by atoms with van der Waals surface area (Å²) in [5.41, 5.74) is 3.66. The Balaban J connectivity index is 1.43. The zero-order chi connectivity index (χ0) is 15.2. The Morgan fingerprint density at radius 1 is 1.14 bits per heavy atom. The van der Waals surface area contributed by atoms with Crippen LogP contribution in [-0.4, -0.2) is 28.9 Å². The minimum atomic E-state index is 0.225. The van der Waals surface area contributed by atoms with Gasteiger partial charge in [-0.25, -0.2) is 0 Å². The van der Waals surface area contributed by atoms with Crippen LogP contribution in [0.5, 0.6) is 0 Å². The van der Waals surface area contributed by atoms with E-state index in [1.54, 1.807) is 6.20 Å². The maximum absolute atomic E-state index is 12.3. The zero-order valence-corrected chi connectivity index (χ0v) is 12.7. The summed E-state index contributed by atoms with van der Waals surface area (Å²) in [4.78, 5) is 18.5. The van der Waals surface area contributed by atoms with Crippen molar-refractivity contribution in [3.63, 3.8) is 0 Å². The topological polar surface area (TPSA) is 45.2 Å². The number of amides is 1. The number of nitrogens with zero attached hydrogens (tertiary/aromatic N) is 2. The summed E-state index contributed by atoms with van der Waals surface area (Å²) in [6.45, 7) is 2.97. The van der Waals surface area contributed by atoms with Gasteiger partial charge in [-0.3, -0.25) is 9.78 Å². The molecular formula is C18H21N3O. The summed E-state index contributed by atoms with van der Waals surface area (Å²) in [5.74, 6) is 0.225. The van der Waals surface area contributed by atoms with Crippen LogP contribution in [0.2, 0.25) is 0 Å². The van der Waals surface area contributed by atoms with Gasteiger partial charge in [0.25, 0.3) is 0 Å². The zero-order valence-electron chi connectivity index (χ0n) is 12.7. The molecule has 0 bridgehead atoms. The fourth-order valence-corrected chi connectivity index (χ4v) is 2.78. The molecule has 1 aromatic carbocycles. The molecule has 0 saturated heterocycles. The van der Waals surface area contributed by atoms with Gasteiger partial charge >= 0.3 is 0 Å². The number of hydrogen-bond acceptors (Lipinski definition) is 3. The molecule has 0 radical (unpaired) electrons. The van der Waals surface area contributed by atoms with Gasteiger partial charge in [-0.2, -0.15) is 0 Å². The number of fused-ring (bicyclic) bond motifs is 1. The Morgan fingerprint density at radius 3 is 2.77 bits per heavy atom. The van der Waals surface area contributed by atoms with Crippen molar-refractivity contribution in [3.8, 4) is 0 Å². The Labute approximate surface area is 131 Å². The van der Waals surface area contributed by atoms with E-state index in [2.05, 4.69) is 28.5 Å². The molecule has 0 saturated carbocycles. The van der Waals surface area contributed by atoms with Crippen molar-refractivity contribution in [1.29, 1.82) is 0 Å². The van der Waals surface area contributed by atoms with E-state index in [9.17, 15) is 4.79 Å². The third-order valence-electron chi connectivity index (χ3n) is 4.03. The standard InChI is InChI=1S/C18H21N3O/c22-18(8-11-19-13-17-7-3-4-10-20-17)21-12-9-15-5-1-2-6-16(15)14-21/h1-7,10,19H,8-9,11-14H2. The monoisotopic (exact) mass is 295 g/mol. The fraction of sp³-hybridized carbons (Fsp3) is 0.333. The van der Waals surface area contributed by atoms with E-state index in [-0.39, 0.29) is 5.91 Å². The fourth-order valence-electron chi connectivity index (χ4n) is 2.78. The van der Waals surface area contributed by atoms with Crippen LogP contribution in [0.25, 0.3) is 0 Å². The number of carbonyl (C=O) groups excluding carboxylic acids is 1. The first-order chi connectivity index (χ1) is 10.8. The second-order valence-electron chi connectivity index (χ2n) is 5.58. The minimum Gasteiger partial charge on any atom is -0.338 e. The van der Waals surface area contributed by atoms with Crippen molar-refractivity contribution in [3.05, 3.63) is 65.5 Å². The molecule has 3 rings (SSSR count). The van der Waals surface area contributed by atoms with Crippen molar-refractivity contribution in [2.24, 2.45) is 0 Å². The lowest BCUT2D eigenvalue weighted by atomic mass is 10.00. The first kappa shape index (κ1) is 14.7. The molecule has 1 aromatic heterocycles. The molecule has 0 aliphatic carbocycles. The van der Waals surface area contributed by atoms with Crippen LogP contribution < -0.4 is 5.32 Å². The van der Waals surface area contributed by atoms with Gasteiger partial charge in [0.05, 0.1) is 5.69 Å². The summed E-state index contributed by atoms with van der Waals surface area (Å²) in [7, 11) is 0. The lowest BCUT2D eigenvalue weighted by Gasteiger charge is -2.29. The van der Waals surface area contributed by atoms with Gasteiger partial charge in [0.1, 0.15) is 0 Å². The second-order valence-corrected chi connectivity index (χ2v) is 5.58. The van der Waals surface area contributed by atoms with Crippen molar-refractivity contribution in [2.75, 3.05) is 13.1 Å². The number of benzene rings is 1. The average molecular weight is 295 g/mol. The van der Waals surface area contributed by atoms with Crippen LogP contribution >= 0.6 is 0 Å². The molecule has 0 atom stereocenters. The molecule has 4 nitrogen and oxygen atoms in total. The highest BCUT2D eigenvalue weighted by molar-refractivity contribution is 5.76. The molecule has 2 aromatic rings. The maximum atomic E-state index is 12.3. The summed E-state index contributed by atoms with van der Waals surface area (Å²) < 4.78 is 0. The SMILES string of the molecule is O=C(CCNCc1ccccn1)N1CCc2ccccc2C1. The van der Waals surface area contributed by atoms with Crippen LogP contribution in [0.15, 0.2) is 48.7 Å².